The van der Waals surface area contributed by atoms with Crippen LogP contribution in [-0.2, 0) is 18.9 Å². The lowest BCUT2D eigenvalue weighted by Gasteiger charge is -2.20. The maximum Gasteiger partial charge on any atom is 0.191 e. The highest BCUT2D eigenvalue weighted by molar-refractivity contribution is 14.0. The molecule has 29 heavy (non-hydrogen) atoms. The van der Waals surface area contributed by atoms with Gasteiger partial charge in [-0.3, -0.25) is 9.67 Å². The number of nitrogens with one attached hydrogen (secondary N) is 2. The quantitative estimate of drug-likeness (QED) is 0.315. The first-order chi connectivity index (χ1) is 13.3. The second kappa shape index (κ2) is 10.2. The van der Waals surface area contributed by atoms with Gasteiger partial charge >= 0.3 is 0 Å². The van der Waals surface area contributed by atoms with Crippen LogP contribution in [0.1, 0.15) is 49.2 Å². The topological polar surface area (TPSA) is 54.2 Å². The fourth-order valence-corrected chi connectivity index (χ4v) is 3.87. The minimum atomic E-state index is 0. The summed E-state index contributed by atoms with van der Waals surface area (Å²) >= 11 is 6.04. The molecule has 1 aliphatic carbocycles. The molecule has 1 unspecified atom stereocenters. The van der Waals surface area contributed by atoms with E-state index in [0.29, 0.717) is 0 Å². The van der Waals surface area contributed by atoms with Crippen molar-refractivity contribution < 1.29 is 0 Å². The first-order valence-electron chi connectivity index (χ1n) is 10.1. The summed E-state index contributed by atoms with van der Waals surface area (Å²) in [7, 11) is 2.00. The Morgan fingerprint density at radius 3 is 2.45 bits per heavy atom. The van der Waals surface area contributed by atoms with E-state index in [1.165, 1.54) is 29.7 Å². The van der Waals surface area contributed by atoms with E-state index in [4.69, 9.17) is 16.6 Å². The van der Waals surface area contributed by atoms with Gasteiger partial charge in [-0.05, 0) is 70.2 Å². The van der Waals surface area contributed by atoms with Crippen LogP contribution in [0, 0.1) is 13.8 Å². The first kappa shape index (κ1) is 24.0. The van der Waals surface area contributed by atoms with Crippen molar-refractivity contribution in [3.05, 3.63) is 51.8 Å². The lowest BCUT2D eigenvalue weighted by molar-refractivity contribution is 0.627. The fraction of sp³-hybridized carbons (Fsp3) is 0.545. The highest BCUT2D eigenvalue weighted by Gasteiger charge is 2.44. The second-order valence-corrected chi connectivity index (χ2v) is 8.44. The summed E-state index contributed by atoms with van der Waals surface area (Å²) in [4.78, 5) is 4.92. The maximum atomic E-state index is 6.04. The minimum Gasteiger partial charge on any atom is -0.357 e. The van der Waals surface area contributed by atoms with Gasteiger partial charge < -0.3 is 10.6 Å². The fourth-order valence-electron chi connectivity index (χ4n) is 3.75. The van der Waals surface area contributed by atoms with Crippen LogP contribution in [0.4, 0.5) is 0 Å². The van der Waals surface area contributed by atoms with Gasteiger partial charge in [-0.1, -0.05) is 23.7 Å². The predicted molar refractivity (Wildman–Crippen MR) is 133 cm³/mol. The zero-order valence-corrected chi connectivity index (χ0v) is 21.1. The van der Waals surface area contributed by atoms with Gasteiger partial charge in [0, 0.05) is 35.8 Å². The maximum absolute atomic E-state index is 6.04. The number of rotatable bonds is 7. The van der Waals surface area contributed by atoms with Crippen molar-refractivity contribution in [2.75, 3.05) is 13.1 Å². The van der Waals surface area contributed by atoms with Gasteiger partial charge in [-0.25, -0.2) is 0 Å². The Morgan fingerprint density at radius 1 is 1.28 bits per heavy atom. The van der Waals surface area contributed by atoms with Gasteiger partial charge in [-0.15, -0.1) is 24.0 Å². The van der Waals surface area contributed by atoms with Crippen LogP contribution < -0.4 is 10.6 Å². The number of nitrogens with zero attached hydrogens (tertiary/aromatic N) is 3. The second-order valence-electron chi connectivity index (χ2n) is 8.00. The molecule has 2 aromatic rings. The van der Waals surface area contributed by atoms with Crippen LogP contribution in [0.2, 0.25) is 5.02 Å². The number of halogens is 2. The largest absolute Gasteiger partial charge is 0.357 e. The highest BCUT2D eigenvalue weighted by atomic mass is 127. The molecule has 0 bridgehead atoms. The molecule has 1 fully saturated rings. The Bertz CT molecular complexity index is 840. The Kier molecular flexibility index (Phi) is 8.40. The summed E-state index contributed by atoms with van der Waals surface area (Å²) < 4.78 is 1.96. The SMILES string of the molecule is CCNC(=NCC1(c2ccc(Cl)cc2)CC1)NC(C)Cc1c(C)nn(C)c1C.I. The standard InChI is InChI=1S/C22H32ClN5.HI/c1-6-24-21(26-15(2)13-20-16(3)27-28(5)17(20)4)25-14-22(11-12-22)18-7-9-19(23)10-8-18;/h7-10,15H,6,11-14H2,1-5H3,(H2,24,25,26);1H. The molecule has 0 radical (unpaired) electrons. The smallest absolute Gasteiger partial charge is 0.191 e. The summed E-state index contributed by atoms with van der Waals surface area (Å²) in [6, 6.07) is 8.50. The van der Waals surface area contributed by atoms with Gasteiger partial charge in [0.15, 0.2) is 5.96 Å². The molecule has 3 rings (SSSR count). The van der Waals surface area contributed by atoms with Crippen molar-refractivity contribution in [2.45, 2.75) is 58.4 Å². The Balaban J connectivity index is 0.00000300. The zero-order chi connectivity index (χ0) is 20.3. The van der Waals surface area contributed by atoms with Crippen molar-refractivity contribution >= 4 is 41.5 Å². The lowest BCUT2D eigenvalue weighted by Crippen LogP contribution is -2.43. The average Bonchev–Trinajstić information content (AvgIpc) is 3.41. The summed E-state index contributed by atoms with van der Waals surface area (Å²) in [5, 5.41) is 12.3. The third-order valence-corrected chi connectivity index (χ3v) is 6.00. The molecule has 1 atom stereocenters. The Labute approximate surface area is 196 Å². The Morgan fingerprint density at radius 2 is 1.93 bits per heavy atom. The number of hydrogen-bond donors (Lipinski definition) is 2. The third kappa shape index (κ3) is 5.87. The molecule has 1 aliphatic rings. The van der Waals surface area contributed by atoms with E-state index in [2.05, 4.69) is 55.6 Å². The van der Waals surface area contributed by atoms with Crippen LogP contribution in [-0.4, -0.2) is 34.9 Å². The van der Waals surface area contributed by atoms with Crippen molar-refractivity contribution in [3.63, 3.8) is 0 Å². The van der Waals surface area contributed by atoms with Gasteiger partial charge in [-0.2, -0.15) is 5.10 Å². The van der Waals surface area contributed by atoms with Gasteiger partial charge in [0.2, 0.25) is 0 Å². The van der Waals surface area contributed by atoms with Crippen molar-refractivity contribution in [3.8, 4) is 0 Å². The van der Waals surface area contributed by atoms with E-state index in [1.807, 2.05) is 23.9 Å². The summed E-state index contributed by atoms with van der Waals surface area (Å²) in [5.74, 6) is 0.884. The van der Waals surface area contributed by atoms with E-state index in [0.717, 1.165) is 36.2 Å². The highest BCUT2D eigenvalue weighted by Crippen LogP contribution is 2.48. The molecule has 0 saturated heterocycles. The zero-order valence-electron chi connectivity index (χ0n) is 18.1. The van der Waals surface area contributed by atoms with Crippen LogP contribution in [0.3, 0.4) is 0 Å². The molecule has 1 aromatic carbocycles. The van der Waals surface area contributed by atoms with Crippen LogP contribution in [0.25, 0.3) is 0 Å². The number of hydrogen-bond acceptors (Lipinski definition) is 2. The summed E-state index contributed by atoms with van der Waals surface area (Å²) in [5.41, 5.74) is 5.17. The predicted octanol–water partition coefficient (Wildman–Crippen LogP) is 4.53. The number of aryl methyl sites for hydroxylation is 2. The molecule has 1 heterocycles. The van der Waals surface area contributed by atoms with Gasteiger partial charge in [0.1, 0.15) is 0 Å². The minimum absolute atomic E-state index is 0. The van der Waals surface area contributed by atoms with E-state index >= 15 is 0 Å². The number of guanidine groups is 1. The Hall–Kier alpha value is -1.28. The molecule has 0 aliphatic heterocycles. The van der Waals surface area contributed by atoms with Crippen LogP contribution in [0.15, 0.2) is 29.3 Å². The van der Waals surface area contributed by atoms with Gasteiger partial charge in [0.25, 0.3) is 0 Å². The average molecular weight is 530 g/mol. The van der Waals surface area contributed by atoms with Crippen LogP contribution >= 0.6 is 35.6 Å². The molecule has 1 saturated carbocycles. The molecule has 5 nitrogen and oxygen atoms in total. The number of aromatic nitrogens is 2. The summed E-state index contributed by atoms with van der Waals surface area (Å²) in [6.07, 6.45) is 3.29. The molecule has 0 spiro atoms. The van der Waals surface area contributed by atoms with Crippen molar-refractivity contribution in [1.29, 1.82) is 0 Å². The van der Waals surface area contributed by atoms with E-state index in [1.54, 1.807) is 0 Å². The molecule has 0 amide bonds. The number of aliphatic imine (C=N–C) groups is 1. The third-order valence-electron chi connectivity index (χ3n) is 5.75. The summed E-state index contributed by atoms with van der Waals surface area (Å²) in [6.45, 7) is 10.1. The van der Waals surface area contributed by atoms with E-state index in [9.17, 15) is 0 Å². The van der Waals surface area contributed by atoms with E-state index in [-0.39, 0.29) is 35.4 Å². The lowest BCUT2D eigenvalue weighted by atomic mass is 9.96. The molecule has 160 valence electrons. The van der Waals surface area contributed by atoms with Gasteiger partial charge in [0.05, 0.1) is 12.2 Å². The first-order valence-corrected chi connectivity index (χ1v) is 10.5. The normalized spacial score (nSPS) is 16.1. The van der Waals surface area contributed by atoms with E-state index < -0.39 is 0 Å². The van der Waals surface area contributed by atoms with Crippen molar-refractivity contribution in [2.24, 2.45) is 12.0 Å². The number of benzene rings is 1. The molecule has 1 aromatic heterocycles. The molecule has 7 heteroatoms. The monoisotopic (exact) mass is 529 g/mol. The van der Waals surface area contributed by atoms with Crippen LogP contribution in [0.5, 0.6) is 0 Å². The van der Waals surface area contributed by atoms with Crippen molar-refractivity contribution in [1.82, 2.24) is 20.4 Å². The molecular weight excluding hydrogens is 497 g/mol. The molecular formula is C22H33ClIN5. The molecule has 2 N–H and O–H groups in total.